The van der Waals surface area contributed by atoms with Gasteiger partial charge in [0, 0.05) is 12.2 Å². The van der Waals surface area contributed by atoms with E-state index in [4.69, 9.17) is 4.74 Å². The van der Waals surface area contributed by atoms with Crippen molar-refractivity contribution in [3.63, 3.8) is 0 Å². The number of amides is 1. The van der Waals surface area contributed by atoms with Crippen molar-refractivity contribution in [1.82, 2.24) is 4.72 Å². The molecule has 1 fully saturated rings. The van der Waals surface area contributed by atoms with Gasteiger partial charge < -0.3 is 4.74 Å². The lowest BCUT2D eigenvalue weighted by molar-refractivity contribution is 0.0304. The molecule has 1 saturated heterocycles. The van der Waals surface area contributed by atoms with Gasteiger partial charge in [-0.3, -0.25) is 4.79 Å². The first kappa shape index (κ1) is 16.0. The fourth-order valence-electron chi connectivity index (χ4n) is 2.31. The average Bonchev–Trinajstić information content (AvgIpc) is 2.41. The van der Waals surface area contributed by atoms with Gasteiger partial charge in [-0.1, -0.05) is 6.07 Å². The van der Waals surface area contributed by atoms with Crippen LogP contribution in [0, 0.1) is 13.8 Å². The van der Waals surface area contributed by atoms with Crippen LogP contribution in [0.3, 0.4) is 0 Å². The third-order valence-corrected chi connectivity index (χ3v) is 5.00. The summed E-state index contributed by atoms with van der Waals surface area (Å²) in [6, 6.07) is 5.13. The molecule has 0 aliphatic carbocycles. The maximum atomic E-state index is 12.0. The van der Waals surface area contributed by atoms with E-state index in [9.17, 15) is 13.2 Å². The second-order valence-electron chi connectivity index (χ2n) is 5.50. The minimum atomic E-state index is -3.68. The number of hydrogen-bond acceptors (Lipinski definition) is 4. The van der Waals surface area contributed by atoms with E-state index in [-0.39, 0.29) is 11.9 Å². The molecule has 1 heterocycles. The summed E-state index contributed by atoms with van der Waals surface area (Å²) in [5.74, 6) is -0.752. The predicted molar refractivity (Wildman–Crippen MR) is 80.8 cm³/mol. The molecule has 0 spiro atoms. The summed E-state index contributed by atoms with van der Waals surface area (Å²) in [5, 5.41) is 0. The van der Waals surface area contributed by atoms with Crippen LogP contribution in [-0.2, 0) is 14.8 Å². The maximum Gasteiger partial charge on any atom is 0.264 e. The van der Waals surface area contributed by atoms with Crippen molar-refractivity contribution in [2.24, 2.45) is 0 Å². The summed E-state index contributed by atoms with van der Waals surface area (Å²) >= 11 is 0. The summed E-state index contributed by atoms with van der Waals surface area (Å²) in [4.78, 5) is 12.0. The molecule has 1 aliphatic rings. The third-order valence-electron chi connectivity index (χ3n) is 3.70. The molecule has 1 aliphatic heterocycles. The number of benzene rings is 1. The molecule has 1 atom stereocenters. The van der Waals surface area contributed by atoms with Gasteiger partial charge in [0.1, 0.15) is 0 Å². The summed E-state index contributed by atoms with van der Waals surface area (Å²) in [7, 11) is -3.68. The SMILES string of the molecule is Cc1ccc(C(=O)NS(=O)(=O)CC2CCCCO2)cc1C. The van der Waals surface area contributed by atoms with Crippen LogP contribution in [-0.4, -0.2) is 32.8 Å². The lowest BCUT2D eigenvalue weighted by Gasteiger charge is -2.22. The average molecular weight is 311 g/mol. The summed E-state index contributed by atoms with van der Waals surface area (Å²) < 4.78 is 31.6. The van der Waals surface area contributed by atoms with E-state index >= 15 is 0 Å². The first-order valence-electron chi connectivity index (χ1n) is 7.11. The van der Waals surface area contributed by atoms with Crippen LogP contribution in [0.25, 0.3) is 0 Å². The molecule has 0 bridgehead atoms. The highest BCUT2D eigenvalue weighted by Gasteiger charge is 2.24. The Labute approximate surface area is 125 Å². The molecule has 116 valence electrons. The summed E-state index contributed by atoms with van der Waals surface area (Å²) in [5.41, 5.74) is 2.37. The predicted octanol–water partition coefficient (Wildman–Crippen LogP) is 1.93. The van der Waals surface area contributed by atoms with E-state index in [2.05, 4.69) is 4.72 Å². The van der Waals surface area contributed by atoms with Crippen LogP contribution < -0.4 is 4.72 Å². The molecule has 2 rings (SSSR count). The Kier molecular flexibility index (Phi) is 5.00. The zero-order chi connectivity index (χ0) is 15.5. The molecule has 1 amide bonds. The van der Waals surface area contributed by atoms with Crippen LogP contribution in [0.5, 0.6) is 0 Å². The van der Waals surface area contributed by atoms with Crippen molar-refractivity contribution in [2.45, 2.75) is 39.2 Å². The molecule has 0 saturated carbocycles. The third kappa shape index (κ3) is 4.54. The molecule has 1 aromatic carbocycles. The monoisotopic (exact) mass is 311 g/mol. The van der Waals surface area contributed by atoms with Gasteiger partial charge in [0.2, 0.25) is 10.0 Å². The van der Waals surface area contributed by atoms with Gasteiger partial charge in [0.05, 0.1) is 11.9 Å². The van der Waals surface area contributed by atoms with Crippen molar-refractivity contribution in [2.75, 3.05) is 12.4 Å². The highest BCUT2D eigenvalue weighted by Crippen LogP contribution is 2.15. The molecule has 5 nitrogen and oxygen atoms in total. The van der Waals surface area contributed by atoms with Crippen molar-refractivity contribution < 1.29 is 17.9 Å². The second-order valence-corrected chi connectivity index (χ2v) is 7.27. The van der Waals surface area contributed by atoms with Gasteiger partial charge in [-0.05, 0) is 56.4 Å². The van der Waals surface area contributed by atoms with Crippen LogP contribution in [0.4, 0.5) is 0 Å². The quantitative estimate of drug-likeness (QED) is 0.922. The minimum Gasteiger partial charge on any atom is -0.377 e. The van der Waals surface area contributed by atoms with Crippen molar-refractivity contribution in [3.05, 3.63) is 34.9 Å². The normalized spacial score (nSPS) is 19.2. The molecular formula is C15H21NO4S. The largest absolute Gasteiger partial charge is 0.377 e. The molecule has 0 aromatic heterocycles. The number of rotatable bonds is 4. The summed E-state index contributed by atoms with van der Waals surface area (Å²) in [6.45, 7) is 4.41. The van der Waals surface area contributed by atoms with Gasteiger partial charge in [-0.2, -0.15) is 0 Å². The highest BCUT2D eigenvalue weighted by molar-refractivity contribution is 7.90. The number of hydrogen-bond donors (Lipinski definition) is 1. The highest BCUT2D eigenvalue weighted by atomic mass is 32.2. The topological polar surface area (TPSA) is 72.5 Å². The zero-order valence-electron chi connectivity index (χ0n) is 12.4. The number of carbonyl (C=O) groups excluding carboxylic acids is 1. The first-order chi connectivity index (χ1) is 9.87. The zero-order valence-corrected chi connectivity index (χ0v) is 13.2. The van der Waals surface area contributed by atoms with Crippen molar-refractivity contribution >= 4 is 15.9 Å². The van der Waals surface area contributed by atoms with Crippen molar-refractivity contribution in [3.8, 4) is 0 Å². The van der Waals surface area contributed by atoms with Crippen LogP contribution >= 0.6 is 0 Å². The van der Waals surface area contributed by atoms with E-state index < -0.39 is 15.9 Å². The minimum absolute atomic E-state index is 0.163. The molecule has 21 heavy (non-hydrogen) atoms. The van der Waals surface area contributed by atoms with Crippen LogP contribution in [0.15, 0.2) is 18.2 Å². The number of sulfonamides is 1. The Morgan fingerprint density at radius 3 is 2.67 bits per heavy atom. The van der Waals surface area contributed by atoms with E-state index in [1.54, 1.807) is 18.2 Å². The second kappa shape index (κ2) is 6.58. The van der Waals surface area contributed by atoms with Gasteiger partial charge in [-0.25, -0.2) is 13.1 Å². The lowest BCUT2D eigenvalue weighted by atomic mass is 10.1. The number of ether oxygens (including phenoxy) is 1. The lowest BCUT2D eigenvalue weighted by Crippen LogP contribution is -2.38. The maximum absolute atomic E-state index is 12.0. The standard InChI is InChI=1S/C15H21NO4S/c1-11-6-7-13(9-12(11)2)15(17)16-21(18,19)10-14-5-3-4-8-20-14/h6-7,9,14H,3-5,8,10H2,1-2H3,(H,16,17). The Bertz CT molecular complexity index is 619. The van der Waals surface area contributed by atoms with Crippen LogP contribution in [0.1, 0.15) is 40.7 Å². The smallest absolute Gasteiger partial charge is 0.264 e. The summed E-state index contributed by atoms with van der Waals surface area (Å²) in [6.07, 6.45) is 2.33. The Morgan fingerprint density at radius 1 is 1.29 bits per heavy atom. The van der Waals surface area contributed by atoms with E-state index in [1.807, 2.05) is 13.8 Å². The van der Waals surface area contributed by atoms with Crippen molar-refractivity contribution in [1.29, 1.82) is 0 Å². The van der Waals surface area contributed by atoms with Gasteiger partial charge in [0.25, 0.3) is 5.91 Å². The van der Waals surface area contributed by atoms with Gasteiger partial charge >= 0.3 is 0 Å². The van der Waals surface area contributed by atoms with E-state index in [0.717, 1.165) is 30.4 Å². The fraction of sp³-hybridized carbons (Fsp3) is 0.533. The Hall–Kier alpha value is -1.40. The Morgan fingerprint density at radius 2 is 2.05 bits per heavy atom. The van der Waals surface area contributed by atoms with Gasteiger partial charge in [0.15, 0.2) is 0 Å². The van der Waals surface area contributed by atoms with Crippen LogP contribution in [0.2, 0.25) is 0 Å². The molecular weight excluding hydrogens is 290 g/mol. The van der Waals surface area contributed by atoms with Gasteiger partial charge in [-0.15, -0.1) is 0 Å². The van der Waals surface area contributed by atoms with E-state index in [1.165, 1.54) is 0 Å². The number of aryl methyl sites for hydroxylation is 2. The molecule has 0 radical (unpaired) electrons. The molecule has 1 aromatic rings. The molecule has 1 N–H and O–H groups in total. The van der Waals surface area contributed by atoms with E-state index in [0.29, 0.717) is 12.2 Å². The molecule has 6 heteroatoms. The first-order valence-corrected chi connectivity index (χ1v) is 8.76. The molecule has 1 unspecified atom stereocenters. The Balaban J connectivity index is 2.01. The number of carbonyl (C=O) groups is 1. The fourth-order valence-corrected chi connectivity index (χ4v) is 3.54. The number of nitrogens with one attached hydrogen (secondary N) is 1.